The number of carbonyl (C=O) groups excluding carboxylic acids is 3. The minimum absolute atomic E-state index is 0.117. The molecule has 33 heavy (non-hydrogen) atoms. The zero-order chi connectivity index (χ0) is 25.5. The molecule has 0 fully saturated rings. The fourth-order valence-corrected chi connectivity index (χ4v) is 3.96. The van der Waals surface area contributed by atoms with Gasteiger partial charge in [0, 0.05) is 13.3 Å². The van der Waals surface area contributed by atoms with E-state index in [9.17, 15) is 19.2 Å². The third-order valence-corrected chi connectivity index (χ3v) is 5.81. The molecule has 0 rings (SSSR count). The first-order valence-electron chi connectivity index (χ1n) is 12.5. The Morgan fingerprint density at radius 2 is 1.42 bits per heavy atom. The molecule has 2 unspecified atom stereocenters. The number of carbonyl (C=O) groups is 4. The second-order valence-electron chi connectivity index (χ2n) is 10.1. The van der Waals surface area contributed by atoms with Crippen molar-refractivity contribution in [3.63, 3.8) is 0 Å². The molecule has 1 N–H and O–H groups in total. The number of hydrogen-bond donors (Lipinski definition) is 1. The van der Waals surface area contributed by atoms with Crippen molar-refractivity contribution in [3.8, 4) is 0 Å². The van der Waals surface area contributed by atoms with E-state index in [1.807, 2.05) is 0 Å². The molecule has 0 saturated heterocycles. The maximum atomic E-state index is 13.2. The molecule has 7 heteroatoms. The highest BCUT2D eigenvalue weighted by atomic mass is 16.6. The lowest BCUT2D eigenvalue weighted by Crippen LogP contribution is -2.43. The highest BCUT2D eigenvalue weighted by Gasteiger charge is 2.45. The smallest absolute Gasteiger partial charge is 0.320 e. The summed E-state index contributed by atoms with van der Waals surface area (Å²) in [4.78, 5) is 48.4. The van der Waals surface area contributed by atoms with Crippen LogP contribution in [0.5, 0.6) is 0 Å². The van der Waals surface area contributed by atoms with E-state index >= 15 is 0 Å². The van der Waals surface area contributed by atoms with Crippen molar-refractivity contribution in [1.29, 1.82) is 0 Å². The molecule has 7 nitrogen and oxygen atoms in total. The monoisotopic (exact) mass is 470 g/mol. The Bertz CT molecular complexity index is 621. The van der Waals surface area contributed by atoms with Crippen LogP contribution in [0.1, 0.15) is 125 Å². The van der Waals surface area contributed by atoms with E-state index in [2.05, 4.69) is 6.92 Å². The highest BCUT2D eigenvalue weighted by molar-refractivity contribution is 6.02. The second-order valence-corrected chi connectivity index (χ2v) is 10.1. The predicted octanol–water partition coefficient (Wildman–Crippen LogP) is 6.01. The summed E-state index contributed by atoms with van der Waals surface area (Å²) in [6.45, 7) is 10.3. The normalized spacial score (nSPS) is 14.2. The third kappa shape index (κ3) is 14.1. The highest BCUT2D eigenvalue weighted by Crippen LogP contribution is 2.36. The van der Waals surface area contributed by atoms with Crippen LogP contribution in [0.15, 0.2) is 0 Å². The van der Waals surface area contributed by atoms with Gasteiger partial charge >= 0.3 is 17.9 Å². The molecule has 0 saturated carbocycles. The van der Waals surface area contributed by atoms with Crippen molar-refractivity contribution in [2.75, 3.05) is 0 Å². The Morgan fingerprint density at radius 3 is 1.94 bits per heavy atom. The molecule has 0 spiro atoms. The number of ketones is 1. The van der Waals surface area contributed by atoms with E-state index in [-0.39, 0.29) is 30.7 Å². The Morgan fingerprint density at radius 1 is 0.818 bits per heavy atom. The Hall–Kier alpha value is -1.92. The van der Waals surface area contributed by atoms with Crippen molar-refractivity contribution in [1.82, 2.24) is 0 Å². The molecule has 0 aromatic rings. The first kappa shape index (κ1) is 31.1. The maximum absolute atomic E-state index is 13.2. The number of hydrogen-bond acceptors (Lipinski definition) is 6. The lowest BCUT2D eigenvalue weighted by molar-refractivity contribution is -0.172. The van der Waals surface area contributed by atoms with Gasteiger partial charge in [0.15, 0.2) is 0 Å². The molecule has 192 valence electrons. The van der Waals surface area contributed by atoms with Crippen molar-refractivity contribution < 1.29 is 33.8 Å². The number of Topliss-reactive ketones (excluding diaryl/α,β-unsaturated/α-hetero) is 1. The third-order valence-electron chi connectivity index (χ3n) is 5.81. The molecular weight excluding hydrogens is 424 g/mol. The minimum Gasteiger partial charge on any atom is -0.481 e. The van der Waals surface area contributed by atoms with Crippen molar-refractivity contribution in [3.05, 3.63) is 0 Å². The Balaban J connectivity index is 5.39. The lowest BCUT2D eigenvalue weighted by Gasteiger charge is -2.33. The summed E-state index contributed by atoms with van der Waals surface area (Å²) in [5.74, 6) is -1.95. The van der Waals surface area contributed by atoms with Crippen LogP contribution in [-0.4, -0.2) is 40.5 Å². The van der Waals surface area contributed by atoms with Gasteiger partial charge in [-0.15, -0.1) is 0 Å². The number of carboxylic acid groups (broad SMARTS) is 1. The van der Waals surface area contributed by atoms with Crippen LogP contribution in [0.3, 0.4) is 0 Å². The Kier molecular flexibility index (Phi) is 14.9. The fraction of sp³-hybridized carbons (Fsp3) is 0.846. The molecule has 0 heterocycles. The van der Waals surface area contributed by atoms with Gasteiger partial charge in [-0.25, -0.2) is 0 Å². The average Bonchev–Trinajstić information content (AvgIpc) is 2.67. The van der Waals surface area contributed by atoms with Gasteiger partial charge in [0.05, 0.1) is 0 Å². The molecule has 2 atom stereocenters. The van der Waals surface area contributed by atoms with E-state index in [1.54, 1.807) is 20.8 Å². The van der Waals surface area contributed by atoms with Crippen LogP contribution >= 0.6 is 0 Å². The van der Waals surface area contributed by atoms with Gasteiger partial charge in [0.2, 0.25) is 0 Å². The van der Waals surface area contributed by atoms with Gasteiger partial charge < -0.3 is 14.6 Å². The van der Waals surface area contributed by atoms with E-state index < -0.39 is 23.0 Å². The molecule has 0 bridgehead atoms. The van der Waals surface area contributed by atoms with E-state index in [1.165, 1.54) is 13.8 Å². The number of ether oxygens (including phenoxy) is 2. The van der Waals surface area contributed by atoms with Crippen LogP contribution in [0, 0.1) is 5.41 Å². The minimum atomic E-state index is -1.29. The molecular formula is C26H46O7. The van der Waals surface area contributed by atoms with Gasteiger partial charge in [-0.2, -0.15) is 0 Å². The number of aliphatic carboxylic acids is 1. The van der Waals surface area contributed by atoms with Crippen molar-refractivity contribution >= 4 is 23.7 Å². The molecule has 0 amide bonds. The largest absolute Gasteiger partial charge is 0.481 e. The fourth-order valence-electron chi connectivity index (χ4n) is 3.96. The predicted molar refractivity (Wildman–Crippen MR) is 128 cm³/mol. The first-order valence-corrected chi connectivity index (χ1v) is 12.5. The Labute approximate surface area is 200 Å². The topological polar surface area (TPSA) is 107 Å². The van der Waals surface area contributed by atoms with Gasteiger partial charge in [0.25, 0.3) is 0 Å². The van der Waals surface area contributed by atoms with Crippen LogP contribution in [0.25, 0.3) is 0 Å². The SMILES string of the molecule is CCCCCCC(CCC(CCCCCCC(=O)O)(C(C)=O)C(=O)OC(C)(C)C)OC(C)=O. The number of carboxylic acids is 1. The van der Waals surface area contributed by atoms with Gasteiger partial charge in [-0.3, -0.25) is 19.2 Å². The van der Waals surface area contributed by atoms with E-state index in [0.29, 0.717) is 32.1 Å². The molecule has 0 radical (unpaired) electrons. The molecule has 0 aromatic carbocycles. The summed E-state index contributed by atoms with van der Waals surface area (Å²) in [6, 6.07) is 0. The summed E-state index contributed by atoms with van der Waals surface area (Å²) in [7, 11) is 0. The summed E-state index contributed by atoms with van der Waals surface area (Å²) < 4.78 is 11.2. The van der Waals surface area contributed by atoms with Crippen LogP contribution in [0.4, 0.5) is 0 Å². The van der Waals surface area contributed by atoms with E-state index in [4.69, 9.17) is 14.6 Å². The summed E-state index contributed by atoms with van der Waals surface area (Å²) >= 11 is 0. The zero-order valence-electron chi connectivity index (χ0n) is 21.7. The lowest BCUT2D eigenvalue weighted by atomic mass is 9.74. The van der Waals surface area contributed by atoms with Crippen molar-refractivity contribution in [2.45, 2.75) is 137 Å². The van der Waals surface area contributed by atoms with E-state index in [0.717, 1.165) is 38.5 Å². The van der Waals surface area contributed by atoms with Gasteiger partial charge in [-0.05, 0) is 66.2 Å². The van der Waals surface area contributed by atoms with Crippen LogP contribution in [-0.2, 0) is 28.7 Å². The first-order chi connectivity index (χ1) is 15.3. The number of rotatable bonds is 18. The second kappa shape index (κ2) is 15.8. The maximum Gasteiger partial charge on any atom is 0.320 e. The van der Waals surface area contributed by atoms with Gasteiger partial charge in [-0.1, -0.05) is 45.4 Å². The average molecular weight is 471 g/mol. The van der Waals surface area contributed by atoms with Crippen LogP contribution in [0.2, 0.25) is 0 Å². The van der Waals surface area contributed by atoms with Crippen LogP contribution < -0.4 is 0 Å². The van der Waals surface area contributed by atoms with Gasteiger partial charge in [0.1, 0.15) is 22.9 Å². The standard InChI is InChI=1S/C26H46O7/c1-7-8-9-12-15-22(32-21(3)28)17-19-26(20(2)27,24(31)33-25(4,5)6)18-14-11-10-13-16-23(29)30/h22H,7-19H2,1-6H3,(H,29,30). The summed E-state index contributed by atoms with van der Waals surface area (Å²) in [5, 5.41) is 8.79. The molecule has 0 aromatic heterocycles. The molecule has 0 aliphatic carbocycles. The number of unbranched alkanes of at least 4 members (excludes halogenated alkanes) is 6. The quantitative estimate of drug-likeness (QED) is 0.148. The molecule has 0 aliphatic rings. The van der Waals surface area contributed by atoms with Crippen molar-refractivity contribution in [2.24, 2.45) is 5.41 Å². The number of esters is 2. The molecule has 0 aliphatic heterocycles. The summed E-state index contributed by atoms with van der Waals surface area (Å²) in [5.41, 5.74) is -2.02. The summed E-state index contributed by atoms with van der Waals surface area (Å²) in [6.07, 6.45) is 8.35. The zero-order valence-corrected chi connectivity index (χ0v) is 21.7.